The molecule has 1 aliphatic heterocycles. The molecule has 4 rings (SSSR count). The molecule has 7 heteroatoms. The minimum Gasteiger partial charge on any atom is -0.497 e. The van der Waals surface area contributed by atoms with E-state index in [1.165, 1.54) is 6.07 Å². The van der Waals surface area contributed by atoms with Gasteiger partial charge >= 0.3 is 6.03 Å². The maximum atomic E-state index is 13.9. The number of halogens is 2. The lowest BCUT2D eigenvalue weighted by Crippen LogP contribution is -2.44. The van der Waals surface area contributed by atoms with Crippen molar-refractivity contribution < 1.29 is 18.3 Å². The van der Waals surface area contributed by atoms with Crippen LogP contribution < -0.4 is 10.1 Å². The molecule has 0 aliphatic carbocycles. The quantitative estimate of drug-likeness (QED) is 0.728. The number of aromatic nitrogens is 1. The van der Waals surface area contributed by atoms with Gasteiger partial charge in [-0.1, -0.05) is 6.07 Å². The molecule has 28 heavy (non-hydrogen) atoms. The van der Waals surface area contributed by atoms with Crippen LogP contribution in [0.4, 0.5) is 19.3 Å². The first-order chi connectivity index (χ1) is 13.6. The van der Waals surface area contributed by atoms with Gasteiger partial charge in [0.15, 0.2) is 11.6 Å². The lowest BCUT2D eigenvalue weighted by molar-refractivity contribution is 0.181. The average molecular weight is 383 g/mol. The van der Waals surface area contributed by atoms with E-state index in [4.69, 9.17) is 4.74 Å². The molecule has 1 atom stereocenters. The molecular weight excluding hydrogens is 364 g/mol. The smallest absolute Gasteiger partial charge is 0.322 e. The van der Waals surface area contributed by atoms with Crippen molar-refractivity contribution >= 4 is 11.7 Å². The van der Waals surface area contributed by atoms with Gasteiger partial charge in [-0.3, -0.25) is 0 Å². The Labute approximate surface area is 161 Å². The third-order valence-corrected chi connectivity index (χ3v) is 4.90. The summed E-state index contributed by atoms with van der Waals surface area (Å²) in [6, 6.07) is 13.7. The van der Waals surface area contributed by atoms with Crippen LogP contribution in [-0.4, -0.2) is 29.2 Å². The van der Waals surface area contributed by atoms with Crippen molar-refractivity contribution in [1.82, 2.24) is 9.47 Å². The highest BCUT2D eigenvalue weighted by Crippen LogP contribution is 2.33. The van der Waals surface area contributed by atoms with Crippen LogP contribution in [0.2, 0.25) is 0 Å². The minimum absolute atomic E-state index is 0.313. The van der Waals surface area contributed by atoms with E-state index in [0.717, 1.165) is 17.8 Å². The normalized spacial score (nSPS) is 15.8. The molecule has 2 heterocycles. The van der Waals surface area contributed by atoms with Crippen LogP contribution >= 0.6 is 0 Å². The van der Waals surface area contributed by atoms with Gasteiger partial charge in [-0.05, 0) is 54.1 Å². The van der Waals surface area contributed by atoms with E-state index in [1.807, 2.05) is 22.9 Å². The molecule has 144 valence electrons. The summed E-state index contributed by atoms with van der Waals surface area (Å²) in [5.41, 5.74) is 1.99. The van der Waals surface area contributed by atoms with Crippen molar-refractivity contribution in [1.29, 1.82) is 0 Å². The molecule has 3 aromatic rings. The van der Waals surface area contributed by atoms with Crippen molar-refractivity contribution in [2.75, 3.05) is 19.0 Å². The Hall–Kier alpha value is -3.35. The second-order valence-electron chi connectivity index (χ2n) is 6.55. The van der Waals surface area contributed by atoms with Crippen LogP contribution in [0.1, 0.15) is 17.3 Å². The van der Waals surface area contributed by atoms with E-state index in [-0.39, 0.29) is 6.03 Å². The van der Waals surface area contributed by atoms with Gasteiger partial charge in [0, 0.05) is 30.7 Å². The second kappa shape index (κ2) is 7.34. The summed E-state index contributed by atoms with van der Waals surface area (Å²) in [5.74, 6) is -1.16. The summed E-state index contributed by atoms with van der Waals surface area (Å²) in [6.07, 6.45) is 1.92. The standard InChI is InChI=1S/C21H19F2N3O2/c1-28-16-7-5-15(6-8-16)24-21(27)26-12-11-25-10-2-3-19(25)20(26)14-4-9-17(22)18(23)13-14/h2-10,13,20H,11-12H2,1H3,(H,24,27)/t20-/m0/s1. The number of ether oxygens (including phenoxy) is 1. The zero-order valence-electron chi connectivity index (χ0n) is 15.2. The molecule has 1 aliphatic rings. The van der Waals surface area contributed by atoms with Gasteiger partial charge in [0.1, 0.15) is 5.75 Å². The Morgan fingerprint density at radius 3 is 2.57 bits per heavy atom. The molecule has 0 fully saturated rings. The number of carbonyl (C=O) groups is 1. The lowest BCUT2D eigenvalue weighted by Gasteiger charge is -2.37. The van der Waals surface area contributed by atoms with Gasteiger partial charge in [-0.25, -0.2) is 13.6 Å². The Morgan fingerprint density at radius 2 is 1.86 bits per heavy atom. The van der Waals surface area contributed by atoms with Crippen molar-refractivity contribution in [2.24, 2.45) is 0 Å². The van der Waals surface area contributed by atoms with Crippen molar-refractivity contribution in [3.8, 4) is 5.75 Å². The third-order valence-electron chi connectivity index (χ3n) is 4.90. The number of nitrogens with one attached hydrogen (secondary N) is 1. The number of anilines is 1. The largest absolute Gasteiger partial charge is 0.497 e. The molecule has 2 amide bonds. The molecule has 0 spiro atoms. The van der Waals surface area contributed by atoms with Crippen molar-refractivity contribution in [2.45, 2.75) is 12.6 Å². The van der Waals surface area contributed by atoms with Crippen molar-refractivity contribution in [3.05, 3.63) is 83.7 Å². The fraction of sp³-hybridized carbons (Fsp3) is 0.190. The summed E-state index contributed by atoms with van der Waals surface area (Å²) >= 11 is 0. The highest BCUT2D eigenvalue weighted by atomic mass is 19.2. The summed E-state index contributed by atoms with van der Waals surface area (Å²) in [5, 5.41) is 2.87. The third kappa shape index (κ3) is 3.31. The maximum absolute atomic E-state index is 13.9. The molecule has 0 bridgehead atoms. The summed E-state index contributed by atoms with van der Waals surface area (Å²) in [7, 11) is 1.57. The molecule has 0 saturated heterocycles. The predicted octanol–water partition coefficient (Wildman–Crippen LogP) is 4.41. The molecule has 1 N–H and O–H groups in total. The number of hydrogen-bond donors (Lipinski definition) is 1. The first-order valence-corrected chi connectivity index (χ1v) is 8.88. The van der Waals surface area contributed by atoms with Crippen LogP contribution in [0.15, 0.2) is 60.8 Å². The first kappa shape index (κ1) is 18.0. The maximum Gasteiger partial charge on any atom is 0.322 e. The Morgan fingerprint density at radius 1 is 1.07 bits per heavy atom. The highest BCUT2D eigenvalue weighted by molar-refractivity contribution is 5.90. The molecule has 0 saturated carbocycles. The summed E-state index contributed by atoms with van der Waals surface area (Å²) in [6.45, 7) is 1.06. The number of benzene rings is 2. The number of urea groups is 1. The van der Waals surface area contributed by atoms with E-state index >= 15 is 0 Å². The van der Waals surface area contributed by atoms with Gasteiger partial charge in [-0.2, -0.15) is 0 Å². The molecule has 2 aromatic carbocycles. The fourth-order valence-electron chi connectivity index (χ4n) is 3.50. The number of methoxy groups -OCH3 is 1. The number of amides is 2. The average Bonchev–Trinajstić information content (AvgIpc) is 3.19. The van der Waals surface area contributed by atoms with Crippen molar-refractivity contribution in [3.63, 3.8) is 0 Å². The predicted molar refractivity (Wildman–Crippen MR) is 101 cm³/mol. The number of carbonyl (C=O) groups excluding carboxylic acids is 1. The van der Waals surface area contributed by atoms with Gasteiger partial charge in [-0.15, -0.1) is 0 Å². The van der Waals surface area contributed by atoms with E-state index in [1.54, 1.807) is 36.3 Å². The van der Waals surface area contributed by atoms with Gasteiger partial charge in [0.05, 0.1) is 13.2 Å². The van der Waals surface area contributed by atoms with Crippen LogP contribution in [0.25, 0.3) is 0 Å². The number of fused-ring (bicyclic) bond motifs is 1. The van der Waals surface area contributed by atoms with E-state index in [9.17, 15) is 13.6 Å². The SMILES string of the molecule is COc1ccc(NC(=O)N2CCn3cccc3[C@@H]2c2ccc(F)c(F)c2)cc1. The van der Waals surface area contributed by atoms with Crippen LogP contribution in [-0.2, 0) is 6.54 Å². The number of rotatable bonds is 3. The summed E-state index contributed by atoms with van der Waals surface area (Å²) in [4.78, 5) is 14.6. The monoisotopic (exact) mass is 383 g/mol. The van der Waals surface area contributed by atoms with E-state index < -0.39 is 17.7 Å². The van der Waals surface area contributed by atoms with Crippen LogP contribution in [0.3, 0.4) is 0 Å². The molecular formula is C21H19F2N3O2. The first-order valence-electron chi connectivity index (χ1n) is 8.88. The molecule has 0 unspecified atom stereocenters. The number of hydrogen-bond acceptors (Lipinski definition) is 2. The topological polar surface area (TPSA) is 46.5 Å². The number of nitrogens with zero attached hydrogens (tertiary/aromatic N) is 2. The van der Waals surface area contributed by atoms with Gasteiger partial charge in [0.2, 0.25) is 0 Å². The van der Waals surface area contributed by atoms with Gasteiger partial charge in [0.25, 0.3) is 0 Å². The Balaban J connectivity index is 1.65. The molecule has 0 radical (unpaired) electrons. The Bertz CT molecular complexity index is 1000. The molecule has 5 nitrogen and oxygen atoms in total. The second-order valence-corrected chi connectivity index (χ2v) is 6.55. The van der Waals surface area contributed by atoms with E-state index in [2.05, 4.69) is 5.32 Å². The zero-order valence-corrected chi connectivity index (χ0v) is 15.2. The lowest BCUT2D eigenvalue weighted by atomic mass is 10.00. The van der Waals surface area contributed by atoms with E-state index in [0.29, 0.717) is 30.1 Å². The van der Waals surface area contributed by atoms with Gasteiger partial charge < -0.3 is 19.5 Å². The Kier molecular flexibility index (Phi) is 4.73. The minimum atomic E-state index is -0.934. The fourth-order valence-corrected chi connectivity index (χ4v) is 3.50. The van der Waals surface area contributed by atoms with Crippen LogP contribution in [0, 0.1) is 11.6 Å². The van der Waals surface area contributed by atoms with Crippen LogP contribution in [0.5, 0.6) is 5.75 Å². The zero-order chi connectivity index (χ0) is 19.7. The highest BCUT2D eigenvalue weighted by Gasteiger charge is 2.32. The summed E-state index contributed by atoms with van der Waals surface area (Å²) < 4.78 is 34.4. The molecule has 1 aromatic heterocycles.